The molecule has 2 N–H and O–H groups in total. The third-order valence-electron chi connectivity index (χ3n) is 9.39. The van der Waals surface area contributed by atoms with Crippen LogP contribution in [0.4, 0.5) is 10.6 Å². The number of aromatic amines is 1. The molecule has 1 amide bonds. The van der Waals surface area contributed by atoms with Crippen LogP contribution in [0.25, 0.3) is 33.6 Å². The quantitative estimate of drug-likeness (QED) is 0.268. The van der Waals surface area contributed by atoms with Crippen LogP contribution in [0.15, 0.2) is 60.7 Å². The van der Waals surface area contributed by atoms with E-state index in [4.69, 9.17) is 14.8 Å². The molecule has 2 fully saturated rings. The number of fused-ring (bicyclic) bond motifs is 3. The number of ether oxygens (including phenoxy) is 1. The van der Waals surface area contributed by atoms with E-state index in [0.29, 0.717) is 0 Å². The van der Waals surface area contributed by atoms with Crippen molar-refractivity contribution < 1.29 is 14.6 Å². The molecule has 7 rings (SSSR count). The standard InChI is InChI=1S/C35H39N5O3/c1-34(2,3)40(33(41)42)35(16-7-17-35)25-12-10-24(11-13-25)30-27(23-8-5-4-6-9-23)22-28-29(36-30)15-14-26-31(28)37-38-32(26)39-18-20-43-21-19-39/h4-6,8-13,22H,7,14-21H2,1-3H3,(H,37,38)(H,41,42). The van der Waals surface area contributed by atoms with Crippen molar-refractivity contribution in [1.29, 1.82) is 0 Å². The van der Waals surface area contributed by atoms with Crippen LogP contribution < -0.4 is 4.90 Å². The minimum Gasteiger partial charge on any atom is -0.465 e. The number of rotatable bonds is 5. The SMILES string of the molecule is CC(C)(C)N(C(=O)O)C1(c2ccc(-c3nc4c(cc3-c3ccccc3)-c3n[nH]c(N5CCOCC5)c3CC4)cc2)CCC1. The minimum atomic E-state index is -0.867. The molecule has 0 spiro atoms. The fourth-order valence-corrected chi connectivity index (χ4v) is 7.32. The topological polar surface area (TPSA) is 94.6 Å². The number of carbonyl (C=O) groups is 1. The molecule has 2 aromatic heterocycles. The smallest absolute Gasteiger partial charge is 0.408 e. The Morgan fingerprint density at radius 2 is 1.67 bits per heavy atom. The molecule has 4 aromatic rings. The lowest BCUT2D eigenvalue weighted by Gasteiger charge is -2.54. The molecule has 0 unspecified atom stereocenters. The summed E-state index contributed by atoms with van der Waals surface area (Å²) in [6.45, 7) is 9.14. The number of carboxylic acid groups (broad SMARTS) is 1. The Kier molecular flexibility index (Phi) is 6.77. The average molecular weight is 578 g/mol. The van der Waals surface area contributed by atoms with Gasteiger partial charge in [0.05, 0.1) is 35.8 Å². The number of aryl methyl sites for hydroxylation is 1. The zero-order chi connectivity index (χ0) is 29.8. The molecule has 8 nitrogen and oxygen atoms in total. The van der Waals surface area contributed by atoms with Crippen molar-refractivity contribution in [3.05, 3.63) is 77.5 Å². The second kappa shape index (κ2) is 10.5. The van der Waals surface area contributed by atoms with Crippen molar-refractivity contribution in [3.8, 4) is 33.6 Å². The summed E-state index contributed by atoms with van der Waals surface area (Å²) in [4.78, 5) is 21.8. The molecule has 0 atom stereocenters. The third-order valence-corrected chi connectivity index (χ3v) is 9.39. The van der Waals surface area contributed by atoms with Gasteiger partial charge in [0.1, 0.15) is 5.82 Å². The summed E-state index contributed by atoms with van der Waals surface area (Å²) in [5.74, 6) is 1.11. The predicted octanol–water partition coefficient (Wildman–Crippen LogP) is 6.90. The van der Waals surface area contributed by atoms with Crippen molar-refractivity contribution in [1.82, 2.24) is 20.1 Å². The number of hydrogen-bond acceptors (Lipinski definition) is 5. The number of aromatic nitrogens is 3. The van der Waals surface area contributed by atoms with Crippen molar-refractivity contribution in [3.63, 3.8) is 0 Å². The van der Waals surface area contributed by atoms with E-state index in [1.807, 2.05) is 26.8 Å². The average Bonchev–Trinajstić information content (AvgIpc) is 3.43. The van der Waals surface area contributed by atoms with E-state index in [9.17, 15) is 9.90 Å². The van der Waals surface area contributed by atoms with Crippen LogP contribution in [-0.2, 0) is 23.1 Å². The Morgan fingerprint density at radius 3 is 2.30 bits per heavy atom. The van der Waals surface area contributed by atoms with E-state index in [2.05, 4.69) is 64.6 Å². The van der Waals surface area contributed by atoms with Gasteiger partial charge in [0.15, 0.2) is 0 Å². The summed E-state index contributed by atoms with van der Waals surface area (Å²) in [5.41, 5.74) is 8.61. The lowest BCUT2D eigenvalue weighted by atomic mass is 9.69. The van der Waals surface area contributed by atoms with Crippen LogP contribution in [-0.4, -0.2) is 63.1 Å². The summed E-state index contributed by atoms with van der Waals surface area (Å²) in [6.07, 6.45) is 3.56. The van der Waals surface area contributed by atoms with Crippen LogP contribution in [0.5, 0.6) is 0 Å². The van der Waals surface area contributed by atoms with Gasteiger partial charge >= 0.3 is 6.09 Å². The monoisotopic (exact) mass is 577 g/mol. The molecule has 1 saturated heterocycles. The summed E-state index contributed by atoms with van der Waals surface area (Å²) in [7, 11) is 0. The molecule has 2 aliphatic carbocycles. The normalized spacial score (nSPS) is 17.5. The lowest BCUT2D eigenvalue weighted by Crippen LogP contribution is -2.60. The number of benzene rings is 2. The van der Waals surface area contributed by atoms with Crippen LogP contribution >= 0.6 is 0 Å². The first kappa shape index (κ1) is 27.7. The zero-order valence-corrected chi connectivity index (χ0v) is 25.2. The van der Waals surface area contributed by atoms with Gasteiger partial charge in [-0.2, -0.15) is 5.10 Å². The van der Waals surface area contributed by atoms with Gasteiger partial charge in [-0.15, -0.1) is 0 Å². The second-order valence-electron chi connectivity index (χ2n) is 13.0. The van der Waals surface area contributed by atoms with Gasteiger partial charge in [-0.25, -0.2) is 4.79 Å². The number of anilines is 1. The fourth-order valence-electron chi connectivity index (χ4n) is 7.32. The third kappa shape index (κ3) is 4.68. The Morgan fingerprint density at radius 1 is 0.953 bits per heavy atom. The first-order valence-electron chi connectivity index (χ1n) is 15.4. The van der Waals surface area contributed by atoms with Gasteiger partial charge in [0, 0.05) is 40.9 Å². The highest BCUT2D eigenvalue weighted by molar-refractivity contribution is 5.86. The Labute approximate surface area is 252 Å². The van der Waals surface area contributed by atoms with E-state index < -0.39 is 17.2 Å². The molecule has 1 aliphatic heterocycles. The first-order valence-corrected chi connectivity index (χ1v) is 15.4. The number of pyridine rings is 1. The van der Waals surface area contributed by atoms with E-state index in [0.717, 1.165) is 109 Å². The van der Waals surface area contributed by atoms with Gasteiger partial charge in [-0.05, 0) is 70.1 Å². The van der Waals surface area contributed by atoms with Gasteiger partial charge in [0.25, 0.3) is 0 Å². The van der Waals surface area contributed by atoms with Gasteiger partial charge in [-0.3, -0.25) is 15.0 Å². The first-order chi connectivity index (χ1) is 20.8. The molecule has 8 heteroatoms. The Hall–Kier alpha value is -4.17. The van der Waals surface area contributed by atoms with Crippen LogP contribution in [0, 0.1) is 0 Å². The summed E-state index contributed by atoms with van der Waals surface area (Å²) >= 11 is 0. The highest BCUT2D eigenvalue weighted by atomic mass is 16.5. The molecule has 3 heterocycles. The highest BCUT2D eigenvalue weighted by Gasteiger charge is 2.50. The Bertz CT molecular complexity index is 1650. The van der Waals surface area contributed by atoms with Crippen LogP contribution in [0.2, 0.25) is 0 Å². The summed E-state index contributed by atoms with van der Waals surface area (Å²) < 4.78 is 5.58. The molecule has 1 saturated carbocycles. The van der Waals surface area contributed by atoms with Crippen molar-refractivity contribution in [2.45, 2.75) is 64.0 Å². The largest absolute Gasteiger partial charge is 0.465 e. The maximum absolute atomic E-state index is 12.5. The second-order valence-corrected chi connectivity index (χ2v) is 13.0. The number of nitrogens with zero attached hydrogens (tertiary/aromatic N) is 4. The Balaban J connectivity index is 1.30. The van der Waals surface area contributed by atoms with Crippen molar-refractivity contribution in [2.75, 3.05) is 31.2 Å². The highest BCUT2D eigenvalue weighted by Crippen LogP contribution is 2.50. The molecule has 2 aromatic carbocycles. The maximum atomic E-state index is 12.5. The van der Waals surface area contributed by atoms with Crippen molar-refractivity contribution >= 4 is 11.9 Å². The molecular formula is C35H39N5O3. The zero-order valence-electron chi connectivity index (χ0n) is 25.2. The van der Waals surface area contributed by atoms with E-state index in [-0.39, 0.29) is 0 Å². The number of nitrogens with one attached hydrogen (secondary N) is 1. The fraction of sp³-hybridized carbons (Fsp3) is 0.400. The molecule has 0 bridgehead atoms. The van der Waals surface area contributed by atoms with Crippen LogP contribution in [0.3, 0.4) is 0 Å². The van der Waals surface area contributed by atoms with Gasteiger partial charge in [0.2, 0.25) is 0 Å². The maximum Gasteiger partial charge on any atom is 0.408 e. The number of amides is 1. The van der Waals surface area contributed by atoms with E-state index >= 15 is 0 Å². The summed E-state index contributed by atoms with van der Waals surface area (Å²) in [6, 6.07) is 21.2. The molecular weight excluding hydrogens is 538 g/mol. The summed E-state index contributed by atoms with van der Waals surface area (Å²) in [5, 5.41) is 18.4. The van der Waals surface area contributed by atoms with Gasteiger partial charge in [-0.1, -0.05) is 54.6 Å². The number of morpholine rings is 1. The minimum absolute atomic E-state index is 0.497. The van der Waals surface area contributed by atoms with Gasteiger partial charge < -0.3 is 14.7 Å². The molecule has 3 aliphatic rings. The van der Waals surface area contributed by atoms with E-state index in [1.165, 1.54) is 5.56 Å². The number of H-pyrrole nitrogens is 1. The lowest BCUT2D eigenvalue weighted by molar-refractivity contribution is -0.0328. The van der Waals surface area contributed by atoms with Crippen molar-refractivity contribution in [2.24, 2.45) is 0 Å². The predicted molar refractivity (Wildman–Crippen MR) is 168 cm³/mol. The molecule has 0 radical (unpaired) electrons. The molecule has 222 valence electrons. The number of hydrogen-bond donors (Lipinski definition) is 2. The van der Waals surface area contributed by atoms with E-state index in [1.54, 1.807) is 4.90 Å². The molecule has 43 heavy (non-hydrogen) atoms. The van der Waals surface area contributed by atoms with Crippen LogP contribution in [0.1, 0.15) is 56.9 Å².